The predicted octanol–water partition coefficient (Wildman–Crippen LogP) is 5.97. The Balaban J connectivity index is 1.41. The minimum Gasteiger partial charge on any atom is -0.508 e. The lowest BCUT2D eigenvalue weighted by Crippen LogP contribution is -2.41. The zero-order valence-electron chi connectivity index (χ0n) is 23.5. The number of rotatable bonds is 4. The van der Waals surface area contributed by atoms with Gasteiger partial charge in [0.15, 0.2) is 0 Å². The number of fused-ring (bicyclic) bond motifs is 2. The van der Waals surface area contributed by atoms with Crippen LogP contribution >= 0.6 is 0 Å². The quantitative estimate of drug-likeness (QED) is 0.279. The van der Waals surface area contributed by atoms with Crippen molar-refractivity contribution in [2.45, 2.75) is 25.4 Å². The Labute approximate surface area is 248 Å². The van der Waals surface area contributed by atoms with Crippen molar-refractivity contribution in [3.63, 3.8) is 0 Å². The number of nitrogens with zero attached hydrogens (tertiary/aromatic N) is 2. The number of halogens is 3. The highest BCUT2D eigenvalue weighted by molar-refractivity contribution is 6.35. The van der Waals surface area contributed by atoms with E-state index in [2.05, 4.69) is 0 Å². The van der Waals surface area contributed by atoms with Gasteiger partial charge in [0.05, 0.1) is 27.9 Å². The summed E-state index contributed by atoms with van der Waals surface area (Å²) in [7, 11) is 1.37. The molecule has 222 valence electrons. The van der Waals surface area contributed by atoms with E-state index < -0.39 is 46.7 Å². The van der Waals surface area contributed by atoms with Crippen LogP contribution < -0.4 is 4.90 Å². The summed E-state index contributed by atoms with van der Waals surface area (Å²) in [6.07, 6.45) is -4.85. The first-order valence-electron chi connectivity index (χ1n) is 13.3. The molecule has 0 radical (unpaired) electrons. The third kappa shape index (κ3) is 3.99. The Morgan fingerprint density at radius 3 is 1.66 bits per heavy atom. The topological polar surface area (TPSA) is 115 Å². The molecule has 44 heavy (non-hydrogen) atoms. The molecule has 4 aromatic carbocycles. The molecule has 2 heterocycles. The lowest BCUT2D eigenvalue weighted by Gasteiger charge is -2.34. The largest absolute Gasteiger partial charge is 0.508 e. The second-order valence-corrected chi connectivity index (χ2v) is 11.0. The van der Waals surface area contributed by atoms with Crippen LogP contribution in [-0.4, -0.2) is 52.0 Å². The normalized spacial score (nSPS) is 16.0. The number of anilines is 1. The Kier molecular flexibility index (Phi) is 6.21. The van der Waals surface area contributed by atoms with Crippen molar-refractivity contribution in [2.24, 2.45) is 0 Å². The average molecular weight is 601 g/mol. The number of carbonyl (C=O) groups is 4. The van der Waals surface area contributed by atoms with Crippen LogP contribution in [0.1, 0.15) is 65.0 Å². The highest BCUT2D eigenvalue weighted by Gasteiger charge is 2.54. The van der Waals surface area contributed by atoms with Crippen LogP contribution in [0.25, 0.3) is 11.1 Å². The third-order valence-electron chi connectivity index (χ3n) is 8.44. The van der Waals surface area contributed by atoms with Gasteiger partial charge in [-0.2, -0.15) is 13.2 Å². The Hall–Kier alpha value is -5.45. The molecule has 0 spiro atoms. The van der Waals surface area contributed by atoms with Crippen LogP contribution in [0, 0.1) is 6.92 Å². The number of benzene rings is 4. The molecular formula is C33H23F3N2O6. The molecule has 11 heteroatoms. The van der Waals surface area contributed by atoms with E-state index >= 15 is 0 Å². The van der Waals surface area contributed by atoms with Crippen molar-refractivity contribution in [2.75, 3.05) is 11.9 Å². The monoisotopic (exact) mass is 600 g/mol. The molecule has 1 atom stereocenters. The van der Waals surface area contributed by atoms with E-state index in [0.29, 0.717) is 16.0 Å². The second-order valence-electron chi connectivity index (χ2n) is 11.0. The van der Waals surface area contributed by atoms with Gasteiger partial charge in [-0.1, -0.05) is 30.3 Å². The summed E-state index contributed by atoms with van der Waals surface area (Å²) in [4.78, 5) is 53.4. The van der Waals surface area contributed by atoms with Gasteiger partial charge >= 0.3 is 6.18 Å². The average Bonchev–Trinajstić information content (AvgIpc) is 3.36. The van der Waals surface area contributed by atoms with Crippen LogP contribution in [0.5, 0.6) is 11.5 Å². The fourth-order valence-corrected chi connectivity index (χ4v) is 5.65. The van der Waals surface area contributed by atoms with Crippen molar-refractivity contribution in [3.8, 4) is 22.6 Å². The van der Waals surface area contributed by atoms with E-state index in [9.17, 15) is 42.6 Å². The van der Waals surface area contributed by atoms with Gasteiger partial charge in [0, 0.05) is 7.05 Å². The Morgan fingerprint density at radius 2 is 1.09 bits per heavy atom. The first kappa shape index (κ1) is 28.7. The summed E-state index contributed by atoms with van der Waals surface area (Å²) in [5.41, 5.74) is -2.07. The van der Waals surface area contributed by atoms with Crippen LogP contribution in [0.15, 0.2) is 72.8 Å². The van der Waals surface area contributed by atoms with E-state index in [1.54, 1.807) is 12.1 Å². The van der Waals surface area contributed by atoms with Gasteiger partial charge < -0.3 is 10.2 Å². The molecule has 8 nitrogen and oxygen atoms in total. The number of imide groups is 2. The zero-order chi connectivity index (χ0) is 31.9. The van der Waals surface area contributed by atoms with Crippen LogP contribution in [0.2, 0.25) is 0 Å². The molecule has 1 unspecified atom stereocenters. The SMILES string of the molecule is Cc1cc(C(C)(c2ccc(O)c(N3C(=O)c4ccc(-c5ccc6c(c5)C(=O)N(C)C6=O)cc4C3=O)c2)C(F)(F)F)ccc1O. The molecule has 0 saturated heterocycles. The van der Waals surface area contributed by atoms with E-state index in [0.717, 1.165) is 42.2 Å². The van der Waals surface area contributed by atoms with Crippen molar-refractivity contribution in [1.29, 1.82) is 0 Å². The van der Waals surface area contributed by atoms with Gasteiger partial charge in [0.1, 0.15) is 16.9 Å². The van der Waals surface area contributed by atoms with Gasteiger partial charge in [0.2, 0.25) is 0 Å². The lowest BCUT2D eigenvalue weighted by molar-refractivity contribution is -0.173. The first-order valence-corrected chi connectivity index (χ1v) is 13.3. The number of hydrogen-bond donors (Lipinski definition) is 2. The number of hydrogen-bond acceptors (Lipinski definition) is 6. The number of alkyl halides is 3. The van der Waals surface area contributed by atoms with Gasteiger partial charge in [-0.15, -0.1) is 0 Å². The third-order valence-corrected chi connectivity index (χ3v) is 8.44. The molecule has 2 aliphatic rings. The maximum Gasteiger partial charge on any atom is 0.402 e. The van der Waals surface area contributed by atoms with E-state index in [-0.39, 0.29) is 44.7 Å². The zero-order valence-corrected chi connectivity index (χ0v) is 23.5. The molecule has 6 rings (SSSR count). The fraction of sp³-hybridized carbons (Fsp3) is 0.152. The predicted molar refractivity (Wildman–Crippen MR) is 153 cm³/mol. The fourth-order valence-electron chi connectivity index (χ4n) is 5.65. The highest BCUT2D eigenvalue weighted by Crippen LogP contribution is 2.49. The molecule has 2 N–H and O–H groups in total. The smallest absolute Gasteiger partial charge is 0.402 e. The van der Waals surface area contributed by atoms with Crippen molar-refractivity contribution >= 4 is 29.3 Å². The Morgan fingerprint density at radius 1 is 0.614 bits per heavy atom. The molecule has 4 amide bonds. The Bertz CT molecular complexity index is 1970. The molecular weight excluding hydrogens is 577 g/mol. The number of phenols is 2. The molecule has 0 aliphatic carbocycles. The molecule has 0 saturated carbocycles. The summed E-state index contributed by atoms with van der Waals surface area (Å²) in [5.74, 6) is -3.38. The minimum absolute atomic E-state index is 0.0246. The highest BCUT2D eigenvalue weighted by atomic mass is 19.4. The van der Waals surface area contributed by atoms with Crippen molar-refractivity contribution in [3.05, 3.63) is 112 Å². The van der Waals surface area contributed by atoms with E-state index in [4.69, 9.17) is 0 Å². The van der Waals surface area contributed by atoms with Gasteiger partial charge in [-0.3, -0.25) is 24.1 Å². The van der Waals surface area contributed by atoms with Gasteiger partial charge in [-0.05, 0) is 84.1 Å². The maximum absolute atomic E-state index is 14.7. The summed E-state index contributed by atoms with van der Waals surface area (Å²) in [6, 6.07) is 15.5. The summed E-state index contributed by atoms with van der Waals surface area (Å²) >= 11 is 0. The molecule has 0 fully saturated rings. The number of phenolic OH excluding ortho intramolecular Hbond substituents is 2. The standard InChI is InChI=1S/C33H23F3N2O6/c1-16-12-19(6-10-26(16)39)32(2,33(34,35)36)20-7-11-27(40)25(15-20)38-30(43)22-9-5-18(14-24(22)31(38)44)17-4-8-21-23(13-17)29(42)37(3)28(21)41/h4-15,39-40H,1-3H3. The molecule has 0 bridgehead atoms. The molecule has 4 aromatic rings. The van der Waals surface area contributed by atoms with Gasteiger partial charge in [0.25, 0.3) is 23.6 Å². The van der Waals surface area contributed by atoms with E-state index in [1.807, 2.05) is 0 Å². The molecule has 0 aromatic heterocycles. The number of carbonyl (C=O) groups excluding carboxylic acids is 4. The van der Waals surface area contributed by atoms with Crippen molar-refractivity contribution in [1.82, 2.24) is 4.90 Å². The lowest BCUT2D eigenvalue weighted by atomic mass is 9.75. The second kappa shape index (κ2) is 9.53. The van der Waals surface area contributed by atoms with Crippen LogP contribution in [-0.2, 0) is 5.41 Å². The molecule has 2 aliphatic heterocycles. The summed E-state index contributed by atoms with van der Waals surface area (Å²) in [5, 5.41) is 20.6. The first-order chi connectivity index (χ1) is 20.6. The minimum atomic E-state index is -4.85. The van der Waals surface area contributed by atoms with Gasteiger partial charge in [-0.25, -0.2) is 4.90 Å². The summed E-state index contributed by atoms with van der Waals surface area (Å²) in [6.45, 7) is 2.40. The number of amides is 4. The van der Waals surface area contributed by atoms with Crippen molar-refractivity contribution < 1.29 is 42.6 Å². The summed E-state index contributed by atoms with van der Waals surface area (Å²) < 4.78 is 44.2. The van der Waals surface area contributed by atoms with E-state index in [1.165, 1.54) is 44.3 Å². The number of aromatic hydroxyl groups is 2. The van der Waals surface area contributed by atoms with Crippen LogP contribution in [0.4, 0.5) is 18.9 Å². The number of aryl methyl sites for hydroxylation is 1. The maximum atomic E-state index is 14.7. The van der Waals surface area contributed by atoms with Crippen LogP contribution in [0.3, 0.4) is 0 Å².